The molecule has 0 aromatic carbocycles. The van der Waals surface area contributed by atoms with Gasteiger partial charge in [-0.3, -0.25) is 9.39 Å². The summed E-state index contributed by atoms with van der Waals surface area (Å²) in [6.45, 7) is 6.72. The number of nitrogens with zero attached hydrogens (tertiary/aromatic N) is 4. The number of hydrogen-bond donors (Lipinski definition) is 2. The maximum absolute atomic E-state index is 5.81. The highest BCUT2D eigenvalue weighted by Gasteiger charge is 2.09. The molecule has 2 heterocycles. The molecular formula is C13H21IN6. The molecule has 0 fully saturated rings. The first-order valence-corrected chi connectivity index (χ1v) is 6.32. The fourth-order valence-electron chi connectivity index (χ4n) is 1.76. The zero-order valence-corrected chi connectivity index (χ0v) is 14.3. The van der Waals surface area contributed by atoms with Crippen molar-refractivity contribution in [2.24, 2.45) is 10.7 Å². The van der Waals surface area contributed by atoms with E-state index in [9.17, 15) is 0 Å². The second-order valence-electron chi connectivity index (χ2n) is 5.44. The lowest BCUT2D eigenvalue weighted by atomic mass is 10.1. The summed E-state index contributed by atoms with van der Waals surface area (Å²) < 4.78 is 1.96. The van der Waals surface area contributed by atoms with Gasteiger partial charge in [0.15, 0.2) is 11.6 Å². The molecule has 20 heavy (non-hydrogen) atoms. The highest BCUT2D eigenvalue weighted by Crippen LogP contribution is 2.03. The lowest BCUT2D eigenvalue weighted by Gasteiger charge is -2.20. The maximum Gasteiger partial charge on any atom is 0.188 e. The molecule has 2 aromatic heterocycles. The van der Waals surface area contributed by atoms with Gasteiger partial charge in [0, 0.05) is 24.7 Å². The SMILES string of the molecule is CC(C)(C)NC(N)=NCCc1nnc2ccccn12.I. The van der Waals surface area contributed by atoms with E-state index in [1.807, 2.05) is 49.6 Å². The summed E-state index contributed by atoms with van der Waals surface area (Å²) in [5.41, 5.74) is 6.58. The van der Waals surface area contributed by atoms with Gasteiger partial charge in [-0.25, -0.2) is 0 Å². The maximum atomic E-state index is 5.81. The summed E-state index contributed by atoms with van der Waals surface area (Å²) in [6, 6.07) is 5.82. The zero-order valence-electron chi connectivity index (χ0n) is 12.0. The number of halogens is 1. The highest BCUT2D eigenvalue weighted by atomic mass is 127. The largest absolute Gasteiger partial charge is 0.370 e. The Kier molecular flexibility index (Phi) is 5.73. The van der Waals surface area contributed by atoms with Crippen molar-refractivity contribution in [1.29, 1.82) is 0 Å². The van der Waals surface area contributed by atoms with Gasteiger partial charge in [-0.2, -0.15) is 0 Å². The topological polar surface area (TPSA) is 80.6 Å². The molecule has 2 aromatic rings. The van der Waals surface area contributed by atoms with Crippen LogP contribution in [-0.4, -0.2) is 32.6 Å². The number of aromatic nitrogens is 3. The number of fused-ring (bicyclic) bond motifs is 1. The average molecular weight is 388 g/mol. The number of nitrogens with one attached hydrogen (secondary N) is 1. The van der Waals surface area contributed by atoms with Crippen LogP contribution in [0.5, 0.6) is 0 Å². The molecule has 3 N–H and O–H groups in total. The molecule has 0 saturated carbocycles. The molecule has 7 heteroatoms. The van der Waals surface area contributed by atoms with Crippen molar-refractivity contribution < 1.29 is 0 Å². The van der Waals surface area contributed by atoms with Crippen molar-refractivity contribution in [3.05, 3.63) is 30.2 Å². The Labute approximate surface area is 135 Å². The van der Waals surface area contributed by atoms with Crippen LogP contribution in [0.2, 0.25) is 0 Å². The first-order chi connectivity index (χ1) is 8.96. The molecule has 0 atom stereocenters. The van der Waals surface area contributed by atoms with E-state index in [4.69, 9.17) is 5.73 Å². The van der Waals surface area contributed by atoms with E-state index in [0.717, 1.165) is 11.5 Å². The van der Waals surface area contributed by atoms with Gasteiger partial charge >= 0.3 is 0 Å². The van der Waals surface area contributed by atoms with Crippen LogP contribution in [0, 0.1) is 0 Å². The first kappa shape index (κ1) is 16.7. The Hall–Kier alpha value is -1.38. The van der Waals surface area contributed by atoms with E-state index in [1.54, 1.807) is 0 Å². The lowest BCUT2D eigenvalue weighted by Crippen LogP contribution is -2.45. The van der Waals surface area contributed by atoms with E-state index < -0.39 is 0 Å². The predicted molar refractivity (Wildman–Crippen MR) is 91.5 cm³/mol. The van der Waals surface area contributed by atoms with E-state index in [0.29, 0.717) is 18.9 Å². The van der Waals surface area contributed by atoms with Gasteiger partial charge in [-0.05, 0) is 32.9 Å². The van der Waals surface area contributed by atoms with Crippen LogP contribution in [0.1, 0.15) is 26.6 Å². The molecule has 0 aliphatic rings. The third-order valence-corrected chi connectivity index (χ3v) is 2.50. The van der Waals surface area contributed by atoms with Gasteiger partial charge < -0.3 is 11.1 Å². The Morgan fingerprint density at radius 3 is 2.80 bits per heavy atom. The van der Waals surface area contributed by atoms with E-state index >= 15 is 0 Å². The summed E-state index contributed by atoms with van der Waals surface area (Å²) >= 11 is 0. The Morgan fingerprint density at radius 1 is 1.35 bits per heavy atom. The summed E-state index contributed by atoms with van der Waals surface area (Å²) in [4.78, 5) is 4.29. The van der Waals surface area contributed by atoms with Crippen LogP contribution >= 0.6 is 24.0 Å². The first-order valence-electron chi connectivity index (χ1n) is 6.32. The highest BCUT2D eigenvalue weighted by molar-refractivity contribution is 14.0. The van der Waals surface area contributed by atoms with Crippen LogP contribution in [0.25, 0.3) is 5.65 Å². The van der Waals surface area contributed by atoms with Crippen molar-refractivity contribution in [2.45, 2.75) is 32.7 Å². The van der Waals surface area contributed by atoms with Crippen LogP contribution in [0.3, 0.4) is 0 Å². The molecule has 0 saturated heterocycles. The molecule has 0 bridgehead atoms. The number of nitrogens with two attached hydrogens (primary N) is 1. The van der Waals surface area contributed by atoms with Crippen LogP contribution in [0.15, 0.2) is 29.4 Å². The van der Waals surface area contributed by atoms with Crippen LogP contribution in [-0.2, 0) is 6.42 Å². The van der Waals surface area contributed by atoms with Gasteiger partial charge in [0.25, 0.3) is 0 Å². The van der Waals surface area contributed by atoms with Crippen molar-refractivity contribution in [3.8, 4) is 0 Å². The minimum absolute atomic E-state index is 0. The summed E-state index contributed by atoms with van der Waals surface area (Å²) in [5, 5.41) is 11.4. The smallest absolute Gasteiger partial charge is 0.188 e. The second kappa shape index (κ2) is 6.87. The monoisotopic (exact) mass is 388 g/mol. The predicted octanol–water partition coefficient (Wildman–Crippen LogP) is 1.59. The minimum Gasteiger partial charge on any atom is -0.370 e. The number of hydrogen-bond acceptors (Lipinski definition) is 3. The molecule has 0 aliphatic carbocycles. The van der Waals surface area contributed by atoms with Gasteiger partial charge in [0.05, 0.1) is 0 Å². The normalized spacial score (nSPS) is 12.2. The zero-order chi connectivity index (χ0) is 13.9. The average Bonchev–Trinajstić information content (AvgIpc) is 2.70. The van der Waals surface area contributed by atoms with Crippen molar-refractivity contribution >= 4 is 35.6 Å². The Balaban J connectivity index is 0.00000200. The fraction of sp³-hybridized carbons (Fsp3) is 0.462. The number of guanidine groups is 1. The molecule has 6 nitrogen and oxygen atoms in total. The molecule has 0 amide bonds. The lowest BCUT2D eigenvalue weighted by molar-refractivity contribution is 0.508. The fourth-order valence-corrected chi connectivity index (χ4v) is 1.76. The molecule has 2 rings (SSSR count). The molecule has 0 aliphatic heterocycles. The number of rotatable bonds is 3. The van der Waals surface area contributed by atoms with E-state index in [-0.39, 0.29) is 29.5 Å². The minimum atomic E-state index is -0.0743. The van der Waals surface area contributed by atoms with Crippen molar-refractivity contribution in [2.75, 3.05) is 6.54 Å². The van der Waals surface area contributed by atoms with E-state index in [2.05, 4.69) is 20.5 Å². The van der Waals surface area contributed by atoms with E-state index in [1.165, 1.54) is 0 Å². The van der Waals surface area contributed by atoms with Gasteiger partial charge in [0.1, 0.15) is 5.82 Å². The molecule has 0 radical (unpaired) electrons. The number of pyridine rings is 1. The Morgan fingerprint density at radius 2 is 2.10 bits per heavy atom. The third-order valence-electron chi connectivity index (χ3n) is 2.50. The molecule has 110 valence electrons. The standard InChI is InChI=1S/C13H20N6.HI/c1-13(2,3)16-12(14)15-8-7-11-18-17-10-6-4-5-9-19(10)11;/h4-6,9H,7-8H2,1-3H3,(H3,14,15,16);1H. The second-order valence-corrected chi connectivity index (χ2v) is 5.44. The summed E-state index contributed by atoms with van der Waals surface area (Å²) in [5.74, 6) is 1.35. The molecule has 0 spiro atoms. The Bertz CT molecular complexity index is 584. The van der Waals surface area contributed by atoms with Crippen LogP contribution < -0.4 is 11.1 Å². The summed E-state index contributed by atoms with van der Waals surface area (Å²) in [6.07, 6.45) is 2.66. The molecular weight excluding hydrogens is 367 g/mol. The quantitative estimate of drug-likeness (QED) is 0.476. The van der Waals surface area contributed by atoms with Crippen molar-refractivity contribution in [1.82, 2.24) is 19.9 Å². The van der Waals surface area contributed by atoms with Crippen molar-refractivity contribution in [3.63, 3.8) is 0 Å². The van der Waals surface area contributed by atoms with Crippen LogP contribution in [0.4, 0.5) is 0 Å². The molecule has 0 unspecified atom stereocenters. The van der Waals surface area contributed by atoms with Gasteiger partial charge in [0.2, 0.25) is 0 Å². The summed E-state index contributed by atoms with van der Waals surface area (Å²) in [7, 11) is 0. The number of aliphatic imine (C=N–C) groups is 1. The van der Waals surface area contributed by atoms with Gasteiger partial charge in [-0.1, -0.05) is 6.07 Å². The third kappa shape index (κ3) is 4.62. The van der Waals surface area contributed by atoms with Gasteiger partial charge in [-0.15, -0.1) is 34.2 Å².